The Morgan fingerprint density at radius 2 is 1.14 bits per heavy atom. The number of benzene rings is 2. The SMILES string of the molecule is Nc1ccccc1Oc1cc(Oc2ccccc2N)nnn1. The molecule has 110 valence electrons. The normalized spacial score (nSPS) is 10.2. The molecule has 7 heteroatoms. The minimum atomic E-state index is 0.220. The molecule has 0 aliphatic carbocycles. The van der Waals surface area contributed by atoms with Gasteiger partial charge in [-0.3, -0.25) is 0 Å². The molecule has 1 aromatic heterocycles. The van der Waals surface area contributed by atoms with E-state index in [1.165, 1.54) is 6.07 Å². The van der Waals surface area contributed by atoms with E-state index in [-0.39, 0.29) is 11.8 Å². The topological polar surface area (TPSA) is 109 Å². The lowest BCUT2D eigenvalue weighted by atomic mass is 10.3. The second kappa shape index (κ2) is 5.96. The van der Waals surface area contributed by atoms with E-state index in [9.17, 15) is 0 Å². The van der Waals surface area contributed by atoms with Crippen LogP contribution in [0.25, 0.3) is 0 Å². The number of hydrogen-bond acceptors (Lipinski definition) is 7. The quantitative estimate of drug-likeness (QED) is 0.712. The van der Waals surface area contributed by atoms with Crippen LogP contribution in [0.3, 0.4) is 0 Å². The van der Waals surface area contributed by atoms with E-state index in [0.29, 0.717) is 22.9 Å². The summed E-state index contributed by atoms with van der Waals surface area (Å²) in [5, 5.41) is 11.2. The van der Waals surface area contributed by atoms with Crippen LogP contribution in [0.2, 0.25) is 0 Å². The summed E-state index contributed by atoms with van der Waals surface area (Å²) < 4.78 is 11.1. The van der Waals surface area contributed by atoms with Crippen LogP contribution < -0.4 is 20.9 Å². The van der Waals surface area contributed by atoms with Crippen molar-refractivity contribution >= 4 is 11.4 Å². The van der Waals surface area contributed by atoms with Gasteiger partial charge < -0.3 is 20.9 Å². The number of anilines is 2. The van der Waals surface area contributed by atoms with Crippen LogP contribution in [0.15, 0.2) is 54.6 Å². The highest BCUT2D eigenvalue weighted by Crippen LogP contribution is 2.29. The number of nitrogen functional groups attached to an aromatic ring is 2. The number of rotatable bonds is 4. The van der Waals surface area contributed by atoms with Gasteiger partial charge in [-0.25, -0.2) is 0 Å². The van der Waals surface area contributed by atoms with Gasteiger partial charge in [-0.1, -0.05) is 34.5 Å². The molecule has 7 nitrogen and oxygen atoms in total. The van der Waals surface area contributed by atoms with Crippen molar-refractivity contribution in [1.82, 2.24) is 15.4 Å². The summed E-state index contributed by atoms with van der Waals surface area (Å²) >= 11 is 0. The van der Waals surface area contributed by atoms with E-state index in [1.807, 2.05) is 24.3 Å². The van der Waals surface area contributed by atoms with Crippen molar-refractivity contribution in [2.45, 2.75) is 0 Å². The highest BCUT2D eigenvalue weighted by atomic mass is 16.5. The Balaban J connectivity index is 1.81. The average molecular weight is 295 g/mol. The molecule has 0 aliphatic heterocycles. The Hall–Kier alpha value is -3.35. The van der Waals surface area contributed by atoms with E-state index >= 15 is 0 Å². The lowest BCUT2D eigenvalue weighted by Gasteiger charge is -2.08. The van der Waals surface area contributed by atoms with Gasteiger partial charge >= 0.3 is 0 Å². The monoisotopic (exact) mass is 295 g/mol. The Labute approximate surface area is 126 Å². The Morgan fingerprint density at radius 1 is 0.682 bits per heavy atom. The molecule has 0 atom stereocenters. The van der Waals surface area contributed by atoms with E-state index < -0.39 is 0 Å². The molecule has 3 aromatic rings. The lowest BCUT2D eigenvalue weighted by molar-refractivity contribution is 0.418. The molecule has 0 aliphatic rings. The molecule has 0 saturated heterocycles. The fourth-order valence-electron chi connectivity index (χ4n) is 1.75. The maximum absolute atomic E-state index is 5.81. The van der Waals surface area contributed by atoms with Gasteiger partial charge in [0.15, 0.2) is 11.5 Å². The summed E-state index contributed by atoms with van der Waals surface area (Å²) in [6, 6.07) is 15.7. The number of para-hydroxylation sites is 4. The Bertz CT molecular complexity index is 731. The number of hydrogen-bond donors (Lipinski definition) is 2. The van der Waals surface area contributed by atoms with Gasteiger partial charge in [0.1, 0.15) is 0 Å². The van der Waals surface area contributed by atoms with E-state index in [0.717, 1.165) is 0 Å². The van der Waals surface area contributed by atoms with Gasteiger partial charge in [0.05, 0.1) is 17.4 Å². The third-order valence-corrected chi connectivity index (χ3v) is 2.80. The summed E-state index contributed by atoms with van der Waals surface area (Å²) in [5.41, 5.74) is 12.6. The van der Waals surface area contributed by atoms with Crippen LogP contribution in [0.1, 0.15) is 0 Å². The summed E-state index contributed by atoms with van der Waals surface area (Å²) in [6.45, 7) is 0. The van der Waals surface area contributed by atoms with Crippen molar-refractivity contribution in [1.29, 1.82) is 0 Å². The first kappa shape index (κ1) is 13.6. The van der Waals surface area contributed by atoms with Gasteiger partial charge in [0, 0.05) is 0 Å². The van der Waals surface area contributed by atoms with Crippen LogP contribution in [0.4, 0.5) is 11.4 Å². The van der Waals surface area contributed by atoms with Gasteiger partial charge in [0.2, 0.25) is 11.8 Å². The molecule has 2 aromatic carbocycles. The number of nitrogens with two attached hydrogens (primary N) is 2. The van der Waals surface area contributed by atoms with Crippen molar-refractivity contribution < 1.29 is 9.47 Å². The highest BCUT2D eigenvalue weighted by molar-refractivity contribution is 5.54. The first-order chi connectivity index (χ1) is 10.7. The zero-order chi connectivity index (χ0) is 15.4. The standard InChI is InChI=1S/C15H13N5O2/c16-10-5-1-3-7-12(10)21-14-9-15(19-20-18-14)22-13-8-4-2-6-11(13)17/h1-9H,16-17H2. The minimum Gasteiger partial charge on any atom is -0.435 e. The molecule has 22 heavy (non-hydrogen) atoms. The van der Waals surface area contributed by atoms with E-state index in [2.05, 4.69) is 15.4 Å². The number of ether oxygens (including phenoxy) is 2. The number of nitrogens with zero attached hydrogens (tertiary/aromatic N) is 3. The first-order valence-electron chi connectivity index (χ1n) is 6.47. The predicted molar refractivity (Wildman–Crippen MR) is 81.7 cm³/mol. The molecule has 0 fully saturated rings. The molecular formula is C15H13N5O2. The van der Waals surface area contributed by atoms with Gasteiger partial charge in [-0.2, -0.15) is 0 Å². The third kappa shape index (κ3) is 3.04. The van der Waals surface area contributed by atoms with Crippen LogP contribution in [0, 0.1) is 0 Å². The third-order valence-electron chi connectivity index (χ3n) is 2.80. The molecule has 0 unspecified atom stereocenters. The van der Waals surface area contributed by atoms with Crippen molar-refractivity contribution in [3.63, 3.8) is 0 Å². The fraction of sp³-hybridized carbons (Fsp3) is 0. The second-order valence-electron chi connectivity index (χ2n) is 4.39. The van der Waals surface area contributed by atoms with Gasteiger partial charge in [-0.15, -0.1) is 0 Å². The lowest BCUT2D eigenvalue weighted by Crippen LogP contribution is -1.99. The molecule has 0 saturated carbocycles. The van der Waals surface area contributed by atoms with Crippen LogP contribution in [-0.2, 0) is 0 Å². The van der Waals surface area contributed by atoms with Gasteiger partial charge in [0.25, 0.3) is 0 Å². The first-order valence-corrected chi connectivity index (χ1v) is 6.47. The van der Waals surface area contributed by atoms with Crippen LogP contribution >= 0.6 is 0 Å². The molecule has 0 radical (unpaired) electrons. The minimum absolute atomic E-state index is 0.220. The average Bonchev–Trinajstić information content (AvgIpc) is 2.52. The van der Waals surface area contributed by atoms with Crippen molar-refractivity contribution in [2.75, 3.05) is 11.5 Å². The summed E-state index contributed by atoms with van der Waals surface area (Å²) in [5.74, 6) is 1.40. The summed E-state index contributed by atoms with van der Waals surface area (Å²) in [4.78, 5) is 0. The van der Waals surface area contributed by atoms with Gasteiger partial charge in [-0.05, 0) is 29.5 Å². The molecule has 3 rings (SSSR count). The molecule has 0 spiro atoms. The molecular weight excluding hydrogens is 282 g/mol. The smallest absolute Gasteiger partial charge is 0.246 e. The van der Waals surface area contributed by atoms with Crippen LogP contribution in [-0.4, -0.2) is 15.4 Å². The zero-order valence-electron chi connectivity index (χ0n) is 11.5. The molecule has 1 heterocycles. The molecule has 0 amide bonds. The zero-order valence-corrected chi connectivity index (χ0v) is 11.5. The number of aromatic nitrogens is 3. The molecule has 4 N–H and O–H groups in total. The largest absolute Gasteiger partial charge is 0.435 e. The second-order valence-corrected chi connectivity index (χ2v) is 4.39. The van der Waals surface area contributed by atoms with Crippen LogP contribution in [0.5, 0.6) is 23.3 Å². The predicted octanol–water partition coefficient (Wildman–Crippen LogP) is 2.62. The van der Waals surface area contributed by atoms with E-state index in [4.69, 9.17) is 20.9 Å². The van der Waals surface area contributed by atoms with E-state index in [1.54, 1.807) is 24.3 Å². The Kier molecular flexibility index (Phi) is 3.69. The highest BCUT2D eigenvalue weighted by Gasteiger charge is 2.08. The van der Waals surface area contributed by atoms with Crippen molar-refractivity contribution in [2.24, 2.45) is 0 Å². The van der Waals surface area contributed by atoms with Crippen molar-refractivity contribution in [3.05, 3.63) is 54.6 Å². The summed E-state index contributed by atoms with van der Waals surface area (Å²) in [7, 11) is 0. The summed E-state index contributed by atoms with van der Waals surface area (Å²) in [6.07, 6.45) is 0. The fourth-order valence-corrected chi connectivity index (χ4v) is 1.75. The molecule has 0 bridgehead atoms. The van der Waals surface area contributed by atoms with Crippen molar-refractivity contribution in [3.8, 4) is 23.3 Å². The maximum Gasteiger partial charge on any atom is 0.246 e. The Morgan fingerprint density at radius 3 is 1.59 bits per heavy atom. The maximum atomic E-state index is 5.81.